The number of nitrogens with zero attached hydrogens (tertiary/aromatic N) is 3. The number of amides is 2. The summed E-state index contributed by atoms with van der Waals surface area (Å²) in [5.74, 6) is -0.414. The highest BCUT2D eigenvalue weighted by atomic mass is 32.1. The average Bonchev–Trinajstić information content (AvgIpc) is 3.23. The summed E-state index contributed by atoms with van der Waals surface area (Å²) in [7, 11) is 1.70. The van der Waals surface area contributed by atoms with Crippen LogP contribution in [0.15, 0.2) is 48.5 Å². The van der Waals surface area contributed by atoms with Gasteiger partial charge in [-0.3, -0.25) is 0 Å². The molecule has 7 heteroatoms. The molecule has 0 aliphatic carbocycles. The molecule has 28 heavy (non-hydrogen) atoms. The summed E-state index contributed by atoms with van der Waals surface area (Å²) in [6, 6.07) is 14.9. The summed E-state index contributed by atoms with van der Waals surface area (Å²) in [5.41, 5.74) is 2.33. The van der Waals surface area contributed by atoms with Crippen LogP contribution in [0.3, 0.4) is 0 Å². The molecule has 1 atom stereocenters. The van der Waals surface area contributed by atoms with E-state index in [1.165, 1.54) is 16.2 Å². The van der Waals surface area contributed by atoms with Crippen molar-refractivity contribution in [2.75, 3.05) is 18.5 Å². The number of rotatable bonds is 5. The quantitative estimate of drug-likeness (QED) is 0.604. The van der Waals surface area contributed by atoms with Crippen molar-refractivity contribution in [3.05, 3.63) is 59.7 Å². The molecule has 144 valence electrons. The third-order valence-corrected chi connectivity index (χ3v) is 5.77. The number of para-hydroxylation sites is 1. The number of thiazole rings is 1. The Labute approximate surface area is 167 Å². The lowest BCUT2D eigenvalue weighted by Crippen LogP contribution is -2.37. The Morgan fingerprint density at radius 3 is 2.75 bits per heavy atom. The van der Waals surface area contributed by atoms with Gasteiger partial charge >= 0.3 is 12.0 Å². The predicted octanol–water partition coefficient (Wildman–Crippen LogP) is 4.30. The van der Waals surface area contributed by atoms with Crippen molar-refractivity contribution in [2.45, 2.75) is 26.0 Å². The van der Waals surface area contributed by atoms with Gasteiger partial charge in [0.2, 0.25) is 6.23 Å². The number of carbonyl (C=O) groups is 2. The standard InChI is InChI=1S/C21H21N3O3S/c1-3-8-14-9-4-5-10-15(14)19(25)27-18-13-23(2)21(26)24(18)20-22-16-11-6-7-12-17(16)28-20/h4-7,9-12,18H,3,8,13H2,1-2H3. The van der Waals surface area contributed by atoms with Crippen LogP contribution < -0.4 is 4.90 Å². The van der Waals surface area contributed by atoms with Gasteiger partial charge in [-0.05, 0) is 30.2 Å². The second kappa shape index (κ2) is 7.59. The minimum absolute atomic E-state index is 0.223. The average molecular weight is 395 g/mol. The van der Waals surface area contributed by atoms with Crippen molar-refractivity contribution in [1.29, 1.82) is 0 Å². The largest absolute Gasteiger partial charge is 0.435 e. The maximum atomic E-state index is 12.9. The summed E-state index contributed by atoms with van der Waals surface area (Å²) in [6.45, 7) is 2.37. The number of aromatic nitrogens is 1. The molecule has 2 amide bonds. The lowest BCUT2D eigenvalue weighted by molar-refractivity contribution is 0.0330. The van der Waals surface area contributed by atoms with Crippen LogP contribution in [0.25, 0.3) is 10.2 Å². The van der Waals surface area contributed by atoms with E-state index in [2.05, 4.69) is 11.9 Å². The first-order valence-corrected chi connectivity index (χ1v) is 10.1. The van der Waals surface area contributed by atoms with E-state index < -0.39 is 12.2 Å². The third kappa shape index (κ3) is 3.33. The number of carbonyl (C=O) groups excluding carboxylic acids is 2. The molecule has 3 aromatic rings. The summed E-state index contributed by atoms with van der Waals surface area (Å²) in [6.07, 6.45) is 1.03. The fraction of sp³-hybridized carbons (Fsp3) is 0.286. The maximum Gasteiger partial charge on any atom is 0.340 e. The lowest BCUT2D eigenvalue weighted by atomic mass is 10.0. The van der Waals surface area contributed by atoms with E-state index in [1.54, 1.807) is 18.0 Å². The molecule has 1 fully saturated rings. The molecular weight excluding hydrogens is 374 g/mol. The SMILES string of the molecule is CCCc1ccccc1C(=O)OC1CN(C)C(=O)N1c1nc2ccccc2s1. The van der Waals surface area contributed by atoms with Crippen LogP contribution >= 0.6 is 11.3 Å². The van der Waals surface area contributed by atoms with E-state index >= 15 is 0 Å². The minimum Gasteiger partial charge on any atom is -0.435 e. The van der Waals surface area contributed by atoms with Gasteiger partial charge in [-0.2, -0.15) is 0 Å². The first kappa shape index (κ1) is 18.4. The fourth-order valence-corrected chi connectivity index (χ4v) is 4.35. The number of ether oxygens (including phenoxy) is 1. The summed E-state index contributed by atoms with van der Waals surface area (Å²) < 4.78 is 6.76. The van der Waals surface area contributed by atoms with Gasteiger partial charge in [0.1, 0.15) is 0 Å². The molecule has 4 rings (SSSR count). The van der Waals surface area contributed by atoms with E-state index in [0.29, 0.717) is 17.2 Å². The Bertz CT molecular complexity index is 999. The topological polar surface area (TPSA) is 62.7 Å². The first-order valence-electron chi connectivity index (χ1n) is 9.27. The van der Waals surface area contributed by atoms with Crippen molar-refractivity contribution in [1.82, 2.24) is 9.88 Å². The zero-order chi connectivity index (χ0) is 19.7. The molecule has 0 N–H and O–H groups in total. The molecule has 2 heterocycles. The molecule has 1 saturated heterocycles. The van der Waals surface area contributed by atoms with Crippen molar-refractivity contribution in [2.24, 2.45) is 0 Å². The summed E-state index contributed by atoms with van der Waals surface area (Å²) in [4.78, 5) is 33.2. The van der Waals surface area contributed by atoms with Gasteiger partial charge < -0.3 is 9.64 Å². The molecule has 0 spiro atoms. The molecule has 1 aromatic heterocycles. The summed E-state index contributed by atoms with van der Waals surface area (Å²) in [5, 5.41) is 0.537. The Balaban J connectivity index is 1.62. The Morgan fingerprint density at radius 1 is 1.21 bits per heavy atom. The highest BCUT2D eigenvalue weighted by Gasteiger charge is 2.41. The number of anilines is 1. The number of hydrogen-bond acceptors (Lipinski definition) is 5. The number of likely N-dealkylation sites (N-methyl/N-ethyl adjacent to an activating group) is 1. The molecular formula is C21H21N3O3S. The van der Waals surface area contributed by atoms with E-state index in [9.17, 15) is 9.59 Å². The zero-order valence-electron chi connectivity index (χ0n) is 15.8. The molecule has 2 aromatic carbocycles. The third-order valence-electron chi connectivity index (χ3n) is 4.74. The second-order valence-corrected chi connectivity index (χ2v) is 7.77. The number of hydrogen-bond donors (Lipinski definition) is 0. The van der Waals surface area contributed by atoms with Crippen LogP contribution in [0.1, 0.15) is 29.3 Å². The van der Waals surface area contributed by atoms with Gasteiger partial charge in [-0.1, -0.05) is 55.0 Å². The lowest BCUT2D eigenvalue weighted by Gasteiger charge is -2.20. The van der Waals surface area contributed by atoms with Gasteiger partial charge in [0, 0.05) is 7.05 Å². The van der Waals surface area contributed by atoms with Crippen LogP contribution in [-0.2, 0) is 11.2 Å². The Kier molecular flexibility index (Phi) is 5.00. The number of fused-ring (bicyclic) bond motifs is 1. The predicted molar refractivity (Wildman–Crippen MR) is 110 cm³/mol. The second-order valence-electron chi connectivity index (χ2n) is 6.76. The van der Waals surface area contributed by atoms with Crippen LogP contribution in [0.5, 0.6) is 0 Å². The maximum absolute atomic E-state index is 12.9. The Hall–Kier alpha value is -2.93. The number of aryl methyl sites for hydroxylation is 1. The smallest absolute Gasteiger partial charge is 0.340 e. The number of esters is 1. The molecule has 0 radical (unpaired) electrons. The molecule has 1 unspecified atom stereocenters. The zero-order valence-corrected chi connectivity index (χ0v) is 16.6. The normalized spacial score (nSPS) is 16.8. The monoisotopic (exact) mass is 395 g/mol. The van der Waals surface area contributed by atoms with Crippen LogP contribution in [0.2, 0.25) is 0 Å². The van der Waals surface area contributed by atoms with E-state index in [1.807, 2.05) is 42.5 Å². The van der Waals surface area contributed by atoms with Crippen molar-refractivity contribution in [3.63, 3.8) is 0 Å². The van der Waals surface area contributed by atoms with E-state index in [-0.39, 0.29) is 6.03 Å². The molecule has 1 aliphatic rings. The van der Waals surface area contributed by atoms with Crippen molar-refractivity contribution in [3.8, 4) is 0 Å². The van der Waals surface area contributed by atoms with Gasteiger partial charge in [-0.25, -0.2) is 19.5 Å². The van der Waals surface area contributed by atoms with Crippen LogP contribution in [0.4, 0.5) is 9.93 Å². The molecule has 0 bridgehead atoms. The van der Waals surface area contributed by atoms with E-state index in [0.717, 1.165) is 28.6 Å². The van der Waals surface area contributed by atoms with Gasteiger partial charge in [0.15, 0.2) is 5.13 Å². The number of benzene rings is 2. The van der Waals surface area contributed by atoms with Gasteiger partial charge in [-0.15, -0.1) is 0 Å². The highest BCUT2D eigenvalue weighted by molar-refractivity contribution is 7.22. The van der Waals surface area contributed by atoms with Crippen LogP contribution in [0, 0.1) is 0 Å². The first-order chi connectivity index (χ1) is 13.6. The van der Waals surface area contributed by atoms with E-state index in [4.69, 9.17) is 4.74 Å². The van der Waals surface area contributed by atoms with Crippen molar-refractivity contribution >= 4 is 38.7 Å². The highest BCUT2D eigenvalue weighted by Crippen LogP contribution is 2.33. The van der Waals surface area contributed by atoms with Crippen LogP contribution in [-0.4, -0.2) is 41.7 Å². The molecule has 6 nitrogen and oxygen atoms in total. The minimum atomic E-state index is -0.708. The van der Waals surface area contributed by atoms with Gasteiger partial charge in [0.25, 0.3) is 0 Å². The fourth-order valence-electron chi connectivity index (χ4n) is 3.35. The summed E-state index contributed by atoms with van der Waals surface area (Å²) >= 11 is 1.41. The van der Waals surface area contributed by atoms with Crippen molar-refractivity contribution < 1.29 is 14.3 Å². The van der Waals surface area contributed by atoms with Gasteiger partial charge in [0.05, 0.1) is 22.3 Å². The Morgan fingerprint density at radius 2 is 1.96 bits per heavy atom. The molecule has 0 saturated carbocycles. The molecule has 1 aliphatic heterocycles. The number of urea groups is 1.